The quantitative estimate of drug-likeness (QED) is 0.726. The molecule has 146 valence electrons. The lowest BCUT2D eigenvalue weighted by atomic mass is 9.74. The molecular weight excluding hydrogens is 376 g/mol. The molecule has 0 aliphatic carbocycles. The molecule has 3 rings (SSSR count). The van der Waals surface area contributed by atoms with Crippen LogP contribution in [0.25, 0.3) is 0 Å². The number of nitrogens with two attached hydrogens (primary N) is 1. The van der Waals surface area contributed by atoms with E-state index in [4.69, 9.17) is 19.9 Å². The molecule has 3 N–H and O–H groups in total. The van der Waals surface area contributed by atoms with Gasteiger partial charge in [0.1, 0.15) is 0 Å². The molecule has 1 amide bonds. The summed E-state index contributed by atoms with van der Waals surface area (Å²) in [6.45, 7) is 2.18. The van der Waals surface area contributed by atoms with Crippen molar-refractivity contribution in [3.63, 3.8) is 0 Å². The van der Waals surface area contributed by atoms with Crippen molar-refractivity contribution in [2.45, 2.75) is 30.7 Å². The first-order valence-electron chi connectivity index (χ1n) is 8.65. The summed E-state index contributed by atoms with van der Waals surface area (Å²) in [6, 6.07) is 5.59. The highest BCUT2D eigenvalue weighted by Gasteiger charge is 2.36. The molecule has 0 aromatic heterocycles. The third-order valence-corrected chi connectivity index (χ3v) is 5.65. The summed E-state index contributed by atoms with van der Waals surface area (Å²) >= 11 is 1.70. The Bertz CT molecular complexity index is 611. The molecule has 1 atom stereocenters. The van der Waals surface area contributed by atoms with Crippen molar-refractivity contribution in [1.82, 2.24) is 5.32 Å². The van der Waals surface area contributed by atoms with Gasteiger partial charge in [0.2, 0.25) is 12.7 Å². The number of carbonyl (C=O) groups is 1. The molecule has 1 aromatic carbocycles. The zero-order valence-electron chi connectivity index (χ0n) is 15.0. The molecule has 0 spiro atoms. The van der Waals surface area contributed by atoms with Gasteiger partial charge in [-0.1, -0.05) is 6.07 Å². The molecule has 2 aliphatic heterocycles. The first-order chi connectivity index (χ1) is 12.1. The molecule has 0 saturated carbocycles. The summed E-state index contributed by atoms with van der Waals surface area (Å²) in [7, 11) is 0. The zero-order valence-corrected chi connectivity index (χ0v) is 16.6. The van der Waals surface area contributed by atoms with Crippen LogP contribution in [-0.4, -0.2) is 50.5 Å². The molecule has 1 fully saturated rings. The lowest BCUT2D eigenvalue weighted by Crippen LogP contribution is -2.49. The fourth-order valence-electron chi connectivity index (χ4n) is 3.32. The smallest absolute Gasteiger partial charge is 0.236 e. The van der Waals surface area contributed by atoms with E-state index in [1.807, 2.05) is 18.4 Å². The summed E-state index contributed by atoms with van der Waals surface area (Å²) in [4.78, 5) is 12.3. The van der Waals surface area contributed by atoms with Crippen LogP contribution in [0.3, 0.4) is 0 Å². The predicted molar refractivity (Wildman–Crippen MR) is 106 cm³/mol. The predicted octanol–water partition coefficient (Wildman–Crippen LogP) is 2.08. The van der Waals surface area contributed by atoms with E-state index in [1.54, 1.807) is 11.8 Å². The Balaban J connectivity index is 0.00000243. The maximum atomic E-state index is 12.3. The highest BCUT2D eigenvalue weighted by atomic mass is 35.5. The second-order valence-electron chi connectivity index (χ2n) is 6.57. The Hall–Kier alpha value is -1.15. The molecule has 8 heteroatoms. The van der Waals surface area contributed by atoms with Gasteiger partial charge in [0.05, 0.1) is 6.04 Å². The van der Waals surface area contributed by atoms with Crippen LogP contribution < -0.4 is 20.5 Å². The minimum atomic E-state index is -0.457. The largest absolute Gasteiger partial charge is 0.454 e. The number of hydrogen-bond donors (Lipinski definition) is 2. The molecule has 26 heavy (non-hydrogen) atoms. The van der Waals surface area contributed by atoms with Gasteiger partial charge in [-0.25, -0.2) is 0 Å². The first-order valence-corrected chi connectivity index (χ1v) is 10.0. The van der Waals surface area contributed by atoms with Gasteiger partial charge in [0.15, 0.2) is 11.5 Å². The number of ether oxygens (including phenoxy) is 3. The average molecular weight is 403 g/mol. The summed E-state index contributed by atoms with van der Waals surface area (Å²) in [6.07, 6.45) is 4.41. The highest BCUT2D eigenvalue weighted by Crippen LogP contribution is 2.40. The standard InChI is InChI=1S/C18H26N2O4S.ClH/c1-25-9-4-14(19)17(21)20-11-18(5-7-22-8-6-18)13-2-3-15-16(10-13)24-12-23-15;/h2-3,10,14H,4-9,11-12,19H2,1H3,(H,20,21);1H/t14-;/m0./s1. The minimum Gasteiger partial charge on any atom is -0.454 e. The van der Waals surface area contributed by atoms with Crippen LogP contribution in [0.5, 0.6) is 11.5 Å². The molecule has 0 bridgehead atoms. The van der Waals surface area contributed by atoms with E-state index in [-0.39, 0.29) is 30.5 Å². The van der Waals surface area contributed by atoms with Crippen molar-refractivity contribution in [2.75, 3.05) is 38.6 Å². The van der Waals surface area contributed by atoms with Crippen molar-refractivity contribution in [2.24, 2.45) is 5.73 Å². The number of amides is 1. The Morgan fingerprint density at radius 1 is 1.31 bits per heavy atom. The minimum absolute atomic E-state index is 0. The molecule has 0 unspecified atom stereocenters. The second kappa shape index (κ2) is 9.69. The van der Waals surface area contributed by atoms with Crippen LogP contribution in [0.15, 0.2) is 18.2 Å². The van der Waals surface area contributed by atoms with Crippen molar-refractivity contribution in [1.29, 1.82) is 0 Å². The van der Waals surface area contributed by atoms with E-state index in [1.165, 1.54) is 0 Å². The third-order valence-electron chi connectivity index (χ3n) is 5.01. The second-order valence-corrected chi connectivity index (χ2v) is 7.55. The van der Waals surface area contributed by atoms with E-state index in [9.17, 15) is 4.79 Å². The monoisotopic (exact) mass is 402 g/mol. The SMILES string of the molecule is CSCC[C@H](N)C(=O)NCC1(c2ccc3c(c2)OCO3)CCOCC1.Cl. The van der Waals surface area contributed by atoms with Gasteiger partial charge in [-0.05, 0) is 49.0 Å². The zero-order chi connectivity index (χ0) is 17.7. The van der Waals surface area contributed by atoms with Crippen molar-refractivity contribution in [3.8, 4) is 11.5 Å². The van der Waals surface area contributed by atoms with Crippen LogP contribution in [0.2, 0.25) is 0 Å². The number of rotatable bonds is 7. The number of fused-ring (bicyclic) bond motifs is 1. The van der Waals surface area contributed by atoms with Gasteiger partial charge >= 0.3 is 0 Å². The summed E-state index contributed by atoms with van der Waals surface area (Å²) < 4.78 is 16.5. The van der Waals surface area contributed by atoms with Gasteiger partial charge in [-0.3, -0.25) is 4.79 Å². The molecule has 0 radical (unpaired) electrons. The van der Waals surface area contributed by atoms with E-state index < -0.39 is 6.04 Å². The highest BCUT2D eigenvalue weighted by molar-refractivity contribution is 7.98. The fraction of sp³-hybridized carbons (Fsp3) is 0.611. The molecule has 6 nitrogen and oxygen atoms in total. The Morgan fingerprint density at radius 2 is 2.04 bits per heavy atom. The fourth-order valence-corrected chi connectivity index (χ4v) is 3.81. The number of thioether (sulfide) groups is 1. The van der Waals surface area contributed by atoms with Crippen LogP contribution in [0, 0.1) is 0 Å². The van der Waals surface area contributed by atoms with E-state index >= 15 is 0 Å². The lowest BCUT2D eigenvalue weighted by molar-refractivity contribution is -0.122. The molecule has 2 aliphatic rings. The Labute approximate surface area is 164 Å². The van der Waals surface area contributed by atoms with Gasteiger partial charge in [-0.2, -0.15) is 11.8 Å². The van der Waals surface area contributed by atoms with Gasteiger partial charge in [0.25, 0.3) is 0 Å². The van der Waals surface area contributed by atoms with Crippen LogP contribution in [-0.2, 0) is 14.9 Å². The van der Waals surface area contributed by atoms with Crippen LogP contribution in [0.4, 0.5) is 0 Å². The average Bonchev–Trinajstić information content (AvgIpc) is 3.12. The van der Waals surface area contributed by atoms with Crippen LogP contribution in [0.1, 0.15) is 24.8 Å². The van der Waals surface area contributed by atoms with Gasteiger partial charge in [0, 0.05) is 25.2 Å². The molecule has 1 aromatic rings. The summed E-state index contributed by atoms with van der Waals surface area (Å²) in [5, 5.41) is 3.07. The van der Waals surface area contributed by atoms with Crippen LogP contribution >= 0.6 is 24.2 Å². The Kier molecular flexibility index (Phi) is 7.88. The Morgan fingerprint density at radius 3 is 2.77 bits per heavy atom. The topological polar surface area (TPSA) is 82.8 Å². The molecular formula is C18H27ClN2O4S. The van der Waals surface area contributed by atoms with Gasteiger partial charge < -0.3 is 25.3 Å². The number of nitrogens with one attached hydrogen (secondary N) is 1. The molecule has 2 heterocycles. The molecule has 1 saturated heterocycles. The number of carbonyl (C=O) groups excluding carboxylic acids is 1. The maximum absolute atomic E-state index is 12.3. The normalized spacial score (nSPS) is 18.7. The lowest BCUT2D eigenvalue weighted by Gasteiger charge is -2.38. The van der Waals surface area contributed by atoms with E-state index in [0.29, 0.717) is 26.2 Å². The van der Waals surface area contributed by atoms with E-state index in [0.717, 1.165) is 35.7 Å². The van der Waals surface area contributed by atoms with Crippen molar-refractivity contribution in [3.05, 3.63) is 23.8 Å². The first kappa shape index (κ1) is 21.2. The number of halogens is 1. The maximum Gasteiger partial charge on any atom is 0.236 e. The van der Waals surface area contributed by atoms with E-state index in [2.05, 4.69) is 11.4 Å². The number of hydrogen-bond acceptors (Lipinski definition) is 6. The van der Waals surface area contributed by atoms with Crippen molar-refractivity contribution < 1.29 is 19.0 Å². The van der Waals surface area contributed by atoms with Gasteiger partial charge in [-0.15, -0.1) is 12.4 Å². The third kappa shape index (κ3) is 4.76. The van der Waals surface area contributed by atoms with Crippen molar-refractivity contribution >= 4 is 30.1 Å². The number of benzene rings is 1. The summed E-state index contributed by atoms with van der Waals surface area (Å²) in [5.41, 5.74) is 6.98. The summed E-state index contributed by atoms with van der Waals surface area (Å²) in [5.74, 6) is 2.34.